The molecule has 4 N–H and O–H groups in total. The van der Waals surface area contributed by atoms with Crippen molar-refractivity contribution in [2.24, 2.45) is 5.73 Å². The minimum Gasteiger partial charge on any atom is -0.494 e. The fourth-order valence-corrected chi connectivity index (χ4v) is 3.77. The quantitative estimate of drug-likeness (QED) is 0.376. The van der Waals surface area contributed by atoms with Gasteiger partial charge in [-0.3, -0.25) is 9.59 Å². The summed E-state index contributed by atoms with van der Waals surface area (Å²) in [5.41, 5.74) is 4.67. The Morgan fingerprint density at radius 3 is 2.33 bits per heavy atom. The molecule has 0 fully saturated rings. The maximum absolute atomic E-state index is 14.0. The number of nitrogens with two attached hydrogens (primary N) is 1. The highest BCUT2D eigenvalue weighted by Crippen LogP contribution is 2.38. The number of ketones is 1. The minimum absolute atomic E-state index is 0.0711. The third-order valence-corrected chi connectivity index (χ3v) is 5.22. The number of hydrogen-bond donors (Lipinski definition) is 3. The molecule has 0 bridgehead atoms. The second-order valence-corrected chi connectivity index (χ2v) is 7.41. The Labute approximate surface area is 190 Å². The fourth-order valence-electron chi connectivity index (χ4n) is 3.46. The van der Waals surface area contributed by atoms with Crippen molar-refractivity contribution in [2.75, 3.05) is 5.32 Å². The SMILES string of the molecule is NC(=O)n1c(O)c(C(=O)Nc2cc(F)ccc2F)c2c(Cl)cc(C(=O)c3ccccc3)cc21. The van der Waals surface area contributed by atoms with Crippen molar-refractivity contribution in [3.63, 3.8) is 0 Å². The number of carbonyl (C=O) groups is 3. The van der Waals surface area contributed by atoms with Gasteiger partial charge >= 0.3 is 6.03 Å². The van der Waals surface area contributed by atoms with Crippen LogP contribution in [0.1, 0.15) is 26.3 Å². The summed E-state index contributed by atoms with van der Waals surface area (Å²) in [4.78, 5) is 37.8. The van der Waals surface area contributed by atoms with E-state index < -0.39 is 46.5 Å². The van der Waals surface area contributed by atoms with Gasteiger partial charge in [-0.05, 0) is 24.3 Å². The van der Waals surface area contributed by atoms with Crippen LogP contribution in [0.3, 0.4) is 0 Å². The van der Waals surface area contributed by atoms with Crippen LogP contribution in [0, 0.1) is 11.6 Å². The van der Waals surface area contributed by atoms with Gasteiger partial charge in [-0.15, -0.1) is 0 Å². The molecule has 0 unspecified atom stereocenters. The van der Waals surface area contributed by atoms with Gasteiger partial charge in [0.05, 0.1) is 16.2 Å². The van der Waals surface area contributed by atoms with E-state index in [1.165, 1.54) is 12.1 Å². The van der Waals surface area contributed by atoms with Gasteiger partial charge in [0, 0.05) is 22.6 Å². The van der Waals surface area contributed by atoms with Crippen molar-refractivity contribution in [1.82, 2.24) is 4.57 Å². The zero-order chi connectivity index (χ0) is 23.9. The maximum atomic E-state index is 14.0. The summed E-state index contributed by atoms with van der Waals surface area (Å²) in [6.07, 6.45) is 0. The summed E-state index contributed by atoms with van der Waals surface area (Å²) >= 11 is 6.35. The van der Waals surface area contributed by atoms with E-state index in [1.807, 2.05) is 0 Å². The largest absolute Gasteiger partial charge is 0.494 e. The van der Waals surface area contributed by atoms with E-state index in [1.54, 1.807) is 30.3 Å². The molecule has 0 atom stereocenters. The molecule has 0 aliphatic carbocycles. The average molecular weight is 470 g/mol. The molecule has 4 rings (SSSR count). The molecular formula is C23H14ClF2N3O4. The lowest BCUT2D eigenvalue weighted by Gasteiger charge is -2.07. The van der Waals surface area contributed by atoms with Crippen LogP contribution < -0.4 is 11.1 Å². The van der Waals surface area contributed by atoms with Crippen molar-refractivity contribution < 1.29 is 28.3 Å². The van der Waals surface area contributed by atoms with E-state index in [-0.39, 0.29) is 21.5 Å². The van der Waals surface area contributed by atoms with Crippen LogP contribution >= 0.6 is 11.6 Å². The third-order valence-electron chi connectivity index (χ3n) is 4.92. The molecule has 166 valence electrons. The van der Waals surface area contributed by atoms with Crippen LogP contribution in [0.2, 0.25) is 5.02 Å². The second-order valence-electron chi connectivity index (χ2n) is 7.00. The number of fused-ring (bicyclic) bond motifs is 1. The van der Waals surface area contributed by atoms with Crippen LogP contribution in [0.15, 0.2) is 60.7 Å². The fraction of sp³-hybridized carbons (Fsp3) is 0. The molecule has 1 heterocycles. The molecule has 0 aliphatic rings. The van der Waals surface area contributed by atoms with E-state index in [0.717, 1.165) is 18.2 Å². The Kier molecular flexibility index (Phi) is 5.57. The maximum Gasteiger partial charge on any atom is 0.326 e. The summed E-state index contributed by atoms with van der Waals surface area (Å²) in [6, 6.07) is 12.0. The second kappa shape index (κ2) is 8.36. The van der Waals surface area contributed by atoms with Gasteiger partial charge in [-0.2, -0.15) is 0 Å². The van der Waals surface area contributed by atoms with Gasteiger partial charge in [0.1, 0.15) is 17.2 Å². The molecule has 0 radical (unpaired) electrons. The summed E-state index contributed by atoms with van der Waals surface area (Å²) < 4.78 is 28.1. The van der Waals surface area contributed by atoms with Crippen molar-refractivity contribution in [2.45, 2.75) is 0 Å². The predicted octanol–water partition coefficient (Wildman–Crippen LogP) is 4.69. The molecule has 33 heavy (non-hydrogen) atoms. The third kappa shape index (κ3) is 3.90. The Hall–Kier alpha value is -4.24. The predicted molar refractivity (Wildman–Crippen MR) is 118 cm³/mol. The molecule has 3 aromatic carbocycles. The smallest absolute Gasteiger partial charge is 0.326 e. The van der Waals surface area contributed by atoms with Gasteiger partial charge in [-0.25, -0.2) is 18.1 Å². The van der Waals surface area contributed by atoms with Gasteiger partial charge in [0.15, 0.2) is 5.78 Å². The molecule has 2 amide bonds. The Balaban J connectivity index is 1.88. The van der Waals surface area contributed by atoms with Gasteiger partial charge in [0.2, 0.25) is 5.88 Å². The van der Waals surface area contributed by atoms with Crippen molar-refractivity contribution in [1.29, 1.82) is 0 Å². The number of aromatic nitrogens is 1. The topological polar surface area (TPSA) is 114 Å². The number of nitrogens with zero attached hydrogens (tertiary/aromatic N) is 1. The first-order valence-corrected chi connectivity index (χ1v) is 9.79. The van der Waals surface area contributed by atoms with Crippen LogP contribution in [0.4, 0.5) is 19.3 Å². The standard InChI is InChI=1S/C23H14ClF2N3O4/c24-14-8-12(20(30)11-4-2-1-3-5-11)9-17-18(14)19(22(32)29(17)23(27)33)21(31)28-16-10-13(25)6-7-15(16)26/h1-10,32H,(H2,27,33)(H,28,31). The van der Waals surface area contributed by atoms with Crippen LogP contribution in [-0.4, -0.2) is 27.4 Å². The molecule has 0 saturated heterocycles. The van der Waals surface area contributed by atoms with Crippen LogP contribution in [0.5, 0.6) is 5.88 Å². The first-order valence-electron chi connectivity index (χ1n) is 9.42. The molecule has 7 nitrogen and oxygen atoms in total. The molecular weight excluding hydrogens is 456 g/mol. The number of primary amides is 1. The van der Waals surface area contributed by atoms with E-state index in [0.29, 0.717) is 10.1 Å². The van der Waals surface area contributed by atoms with E-state index in [2.05, 4.69) is 5.32 Å². The molecule has 0 saturated carbocycles. The summed E-state index contributed by atoms with van der Waals surface area (Å²) in [7, 11) is 0. The number of amides is 2. The first kappa shape index (κ1) is 22.0. The Morgan fingerprint density at radius 1 is 0.970 bits per heavy atom. The first-order chi connectivity index (χ1) is 15.7. The molecule has 4 aromatic rings. The van der Waals surface area contributed by atoms with Crippen molar-refractivity contribution in [3.05, 3.63) is 94.0 Å². The van der Waals surface area contributed by atoms with Crippen LogP contribution in [0.25, 0.3) is 10.9 Å². The van der Waals surface area contributed by atoms with Gasteiger partial charge < -0.3 is 16.2 Å². The van der Waals surface area contributed by atoms with Crippen LogP contribution in [-0.2, 0) is 0 Å². The number of anilines is 1. The minimum atomic E-state index is -1.16. The lowest BCUT2D eigenvalue weighted by atomic mass is 10.0. The summed E-state index contributed by atoms with van der Waals surface area (Å²) in [5.74, 6) is -4.12. The average Bonchev–Trinajstić information content (AvgIpc) is 3.09. The Morgan fingerprint density at radius 2 is 1.67 bits per heavy atom. The number of aromatic hydroxyl groups is 1. The number of halogens is 3. The molecule has 0 spiro atoms. The normalized spacial score (nSPS) is 10.9. The van der Waals surface area contributed by atoms with Crippen molar-refractivity contribution in [3.8, 4) is 5.88 Å². The monoisotopic (exact) mass is 469 g/mol. The van der Waals surface area contributed by atoms with Gasteiger partial charge in [-0.1, -0.05) is 41.9 Å². The van der Waals surface area contributed by atoms with Crippen molar-refractivity contribution >= 4 is 45.9 Å². The number of benzene rings is 3. The Bertz CT molecular complexity index is 1450. The molecule has 1 aromatic heterocycles. The number of rotatable bonds is 4. The highest BCUT2D eigenvalue weighted by Gasteiger charge is 2.28. The van der Waals surface area contributed by atoms with E-state index >= 15 is 0 Å². The number of nitrogens with one attached hydrogen (secondary N) is 1. The lowest BCUT2D eigenvalue weighted by molar-refractivity contribution is 0.102. The van der Waals surface area contributed by atoms with E-state index in [4.69, 9.17) is 17.3 Å². The zero-order valence-corrected chi connectivity index (χ0v) is 17.4. The number of carbonyl (C=O) groups excluding carboxylic acids is 3. The molecule has 0 aliphatic heterocycles. The molecule has 10 heteroatoms. The number of hydrogen-bond acceptors (Lipinski definition) is 4. The van der Waals surface area contributed by atoms with E-state index in [9.17, 15) is 28.3 Å². The zero-order valence-electron chi connectivity index (χ0n) is 16.6. The highest BCUT2D eigenvalue weighted by molar-refractivity contribution is 6.38. The lowest BCUT2D eigenvalue weighted by Crippen LogP contribution is -2.19. The summed E-state index contributed by atoms with van der Waals surface area (Å²) in [5, 5.41) is 12.5. The van der Waals surface area contributed by atoms with Gasteiger partial charge in [0.25, 0.3) is 5.91 Å². The summed E-state index contributed by atoms with van der Waals surface area (Å²) in [6.45, 7) is 0. The highest BCUT2D eigenvalue weighted by atomic mass is 35.5.